The van der Waals surface area contributed by atoms with Gasteiger partial charge >= 0.3 is 0 Å². The van der Waals surface area contributed by atoms with Crippen LogP contribution in [-0.2, 0) is 17.9 Å². The Labute approximate surface area is 156 Å². The van der Waals surface area contributed by atoms with Crippen molar-refractivity contribution in [3.8, 4) is 17.6 Å². The van der Waals surface area contributed by atoms with Gasteiger partial charge in [0.1, 0.15) is 31.4 Å². The molecule has 0 atom stereocenters. The van der Waals surface area contributed by atoms with Crippen molar-refractivity contribution in [2.24, 2.45) is 0 Å². The molecule has 0 unspecified atom stereocenters. The quantitative estimate of drug-likeness (QED) is 0.803. The number of fused-ring (bicyclic) bond motifs is 1. The molecule has 0 saturated heterocycles. The van der Waals surface area contributed by atoms with Crippen molar-refractivity contribution in [2.45, 2.75) is 26.9 Å². The van der Waals surface area contributed by atoms with Gasteiger partial charge in [-0.15, -0.1) is 0 Å². The molecule has 8 heteroatoms. The number of carbonyl (C=O) groups is 1. The van der Waals surface area contributed by atoms with Crippen molar-refractivity contribution in [2.75, 3.05) is 20.3 Å². The van der Waals surface area contributed by atoms with Gasteiger partial charge in [0, 0.05) is 13.6 Å². The average Bonchev–Trinajstić information content (AvgIpc) is 2.66. The fraction of sp³-hybridized carbons (Fsp3) is 0.368. The van der Waals surface area contributed by atoms with E-state index in [1.165, 1.54) is 4.90 Å². The second kappa shape index (κ2) is 7.50. The van der Waals surface area contributed by atoms with E-state index >= 15 is 0 Å². The van der Waals surface area contributed by atoms with E-state index in [1.807, 2.05) is 24.3 Å². The number of carbonyl (C=O) groups excluding carboxylic acids is 1. The fourth-order valence-electron chi connectivity index (χ4n) is 2.81. The zero-order valence-electron chi connectivity index (χ0n) is 15.5. The molecule has 1 amide bonds. The first kappa shape index (κ1) is 18.5. The third-order valence-corrected chi connectivity index (χ3v) is 4.49. The Morgan fingerprint density at radius 2 is 2.00 bits per heavy atom. The minimum absolute atomic E-state index is 0.0183. The van der Waals surface area contributed by atoms with Gasteiger partial charge in [0.05, 0.1) is 5.69 Å². The highest BCUT2D eigenvalue weighted by molar-refractivity contribution is 5.75. The van der Waals surface area contributed by atoms with Crippen LogP contribution in [0.5, 0.6) is 11.5 Å². The number of hydrogen-bond acceptors (Lipinski definition) is 6. The lowest BCUT2D eigenvalue weighted by atomic mass is 10.1. The molecule has 2 heterocycles. The molecular weight excluding hydrogens is 348 g/mol. The largest absolute Gasteiger partial charge is 0.486 e. The molecule has 0 aliphatic carbocycles. The SMILES string of the molecule is Cc1nn(CC(=O)N(C)Cc2ccc3c(c2)OCCO3)c(=O)c(C#N)c1C. The molecule has 140 valence electrons. The Kier molecular flexibility index (Phi) is 5.12. The summed E-state index contributed by atoms with van der Waals surface area (Å²) in [5.41, 5.74) is 1.43. The lowest BCUT2D eigenvalue weighted by Crippen LogP contribution is -2.36. The Balaban J connectivity index is 1.74. The first-order valence-corrected chi connectivity index (χ1v) is 8.51. The van der Waals surface area contributed by atoms with E-state index < -0.39 is 5.56 Å². The van der Waals surface area contributed by atoms with E-state index in [1.54, 1.807) is 20.9 Å². The summed E-state index contributed by atoms with van der Waals surface area (Å²) in [7, 11) is 1.65. The molecule has 1 aromatic heterocycles. The van der Waals surface area contributed by atoms with Crippen molar-refractivity contribution in [1.29, 1.82) is 5.26 Å². The zero-order chi connectivity index (χ0) is 19.6. The van der Waals surface area contributed by atoms with E-state index in [0.29, 0.717) is 42.5 Å². The third kappa shape index (κ3) is 3.77. The lowest BCUT2D eigenvalue weighted by molar-refractivity contribution is -0.131. The van der Waals surface area contributed by atoms with Gasteiger partial charge in [0.2, 0.25) is 5.91 Å². The van der Waals surface area contributed by atoms with E-state index in [0.717, 1.165) is 10.2 Å². The highest BCUT2D eigenvalue weighted by Crippen LogP contribution is 2.31. The maximum Gasteiger partial charge on any atom is 0.285 e. The summed E-state index contributed by atoms with van der Waals surface area (Å²) in [5, 5.41) is 13.3. The fourth-order valence-corrected chi connectivity index (χ4v) is 2.81. The first-order chi connectivity index (χ1) is 12.9. The molecule has 8 nitrogen and oxygen atoms in total. The van der Waals surface area contributed by atoms with Gasteiger partial charge in [-0.1, -0.05) is 6.07 Å². The number of aromatic nitrogens is 2. The number of amides is 1. The number of rotatable bonds is 4. The molecular formula is C19H20N4O4. The van der Waals surface area contributed by atoms with Crippen LogP contribution in [0.15, 0.2) is 23.0 Å². The number of benzene rings is 1. The third-order valence-electron chi connectivity index (χ3n) is 4.49. The van der Waals surface area contributed by atoms with Crippen LogP contribution in [0.1, 0.15) is 22.4 Å². The maximum atomic E-state index is 12.5. The van der Waals surface area contributed by atoms with Gasteiger partial charge in [-0.05, 0) is 37.1 Å². The number of likely N-dealkylation sites (N-methyl/N-ethyl adjacent to an activating group) is 1. The molecule has 0 bridgehead atoms. The van der Waals surface area contributed by atoms with Gasteiger partial charge < -0.3 is 14.4 Å². The minimum Gasteiger partial charge on any atom is -0.486 e. The molecule has 3 rings (SSSR count). The normalized spacial score (nSPS) is 12.4. The summed E-state index contributed by atoms with van der Waals surface area (Å²) < 4.78 is 12.1. The Morgan fingerprint density at radius 3 is 2.70 bits per heavy atom. The van der Waals surface area contributed by atoms with Crippen LogP contribution in [0.25, 0.3) is 0 Å². The maximum absolute atomic E-state index is 12.5. The molecule has 1 aromatic carbocycles. The monoisotopic (exact) mass is 368 g/mol. The molecule has 0 saturated carbocycles. The van der Waals surface area contributed by atoms with Crippen LogP contribution >= 0.6 is 0 Å². The molecule has 1 aliphatic heterocycles. The van der Waals surface area contributed by atoms with Crippen molar-refractivity contribution in [3.63, 3.8) is 0 Å². The summed E-state index contributed by atoms with van der Waals surface area (Å²) in [6, 6.07) is 7.41. The predicted molar refractivity (Wildman–Crippen MR) is 96.6 cm³/mol. The highest BCUT2D eigenvalue weighted by atomic mass is 16.6. The van der Waals surface area contributed by atoms with Crippen LogP contribution in [0.4, 0.5) is 0 Å². The van der Waals surface area contributed by atoms with Gasteiger partial charge in [-0.2, -0.15) is 10.4 Å². The van der Waals surface area contributed by atoms with Crippen LogP contribution in [0, 0.1) is 25.2 Å². The number of aryl methyl sites for hydroxylation is 1. The van der Waals surface area contributed by atoms with Gasteiger partial charge in [-0.3, -0.25) is 9.59 Å². The van der Waals surface area contributed by atoms with Crippen molar-refractivity contribution in [3.05, 3.63) is 50.9 Å². The summed E-state index contributed by atoms with van der Waals surface area (Å²) >= 11 is 0. The van der Waals surface area contributed by atoms with Gasteiger partial charge in [0.15, 0.2) is 11.5 Å². The Bertz CT molecular complexity index is 990. The second-order valence-electron chi connectivity index (χ2n) is 6.39. The molecule has 0 N–H and O–H groups in total. The smallest absolute Gasteiger partial charge is 0.285 e. The molecule has 0 radical (unpaired) electrons. The zero-order valence-corrected chi connectivity index (χ0v) is 15.5. The number of nitrogens with zero attached hydrogens (tertiary/aromatic N) is 4. The van der Waals surface area contributed by atoms with E-state index in [9.17, 15) is 14.9 Å². The van der Waals surface area contributed by atoms with Crippen LogP contribution in [-0.4, -0.2) is 40.8 Å². The number of nitriles is 1. The van der Waals surface area contributed by atoms with E-state index in [4.69, 9.17) is 9.47 Å². The molecule has 0 fully saturated rings. The molecule has 27 heavy (non-hydrogen) atoms. The molecule has 0 spiro atoms. The van der Waals surface area contributed by atoms with Crippen molar-refractivity contribution in [1.82, 2.24) is 14.7 Å². The topological polar surface area (TPSA) is 97.4 Å². The second-order valence-corrected chi connectivity index (χ2v) is 6.39. The summed E-state index contributed by atoms with van der Waals surface area (Å²) in [6.07, 6.45) is 0. The van der Waals surface area contributed by atoms with Crippen LogP contribution < -0.4 is 15.0 Å². The first-order valence-electron chi connectivity index (χ1n) is 8.51. The predicted octanol–water partition coefficient (Wildman–Crippen LogP) is 1.16. The van der Waals surface area contributed by atoms with Crippen molar-refractivity contribution < 1.29 is 14.3 Å². The Morgan fingerprint density at radius 1 is 1.30 bits per heavy atom. The van der Waals surface area contributed by atoms with Crippen LogP contribution in [0.3, 0.4) is 0 Å². The standard InChI is InChI=1S/C19H20N4O4/c1-12-13(2)21-23(19(25)15(12)9-20)11-18(24)22(3)10-14-4-5-16-17(8-14)27-7-6-26-16/h4-5,8H,6-7,10-11H2,1-3H3. The van der Waals surface area contributed by atoms with Gasteiger partial charge in [-0.25, -0.2) is 4.68 Å². The Hall–Kier alpha value is -3.34. The van der Waals surface area contributed by atoms with Gasteiger partial charge in [0.25, 0.3) is 5.56 Å². The van der Waals surface area contributed by atoms with E-state index in [-0.39, 0.29) is 18.0 Å². The lowest BCUT2D eigenvalue weighted by Gasteiger charge is -2.21. The number of ether oxygens (including phenoxy) is 2. The minimum atomic E-state index is -0.554. The highest BCUT2D eigenvalue weighted by Gasteiger charge is 2.17. The van der Waals surface area contributed by atoms with Crippen molar-refractivity contribution >= 4 is 5.91 Å². The molecule has 2 aromatic rings. The molecule has 1 aliphatic rings. The number of hydrogen-bond donors (Lipinski definition) is 0. The van der Waals surface area contributed by atoms with E-state index in [2.05, 4.69) is 5.10 Å². The average molecular weight is 368 g/mol. The summed E-state index contributed by atoms with van der Waals surface area (Å²) in [5.74, 6) is 1.06. The summed E-state index contributed by atoms with van der Waals surface area (Å²) in [6.45, 7) is 4.51. The van der Waals surface area contributed by atoms with Crippen LogP contribution in [0.2, 0.25) is 0 Å². The summed E-state index contributed by atoms with van der Waals surface area (Å²) in [4.78, 5) is 26.4.